The minimum Gasteiger partial charge on any atom is -0.307 e. The molecule has 1 N–H and O–H groups in total. The van der Waals surface area contributed by atoms with Crippen molar-refractivity contribution in [3.05, 3.63) is 51.5 Å². The first kappa shape index (κ1) is 15.1. The molecule has 2 unspecified atom stereocenters. The highest BCUT2D eigenvalue weighted by atomic mass is 32.1. The molecule has 0 saturated heterocycles. The molecule has 108 valence electrons. The van der Waals surface area contributed by atoms with Gasteiger partial charge in [-0.05, 0) is 39.3 Å². The van der Waals surface area contributed by atoms with Crippen LogP contribution in [0.1, 0.15) is 36.0 Å². The van der Waals surface area contributed by atoms with Gasteiger partial charge in [-0.15, -0.1) is 11.3 Å². The molecule has 0 saturated carbocycles. The van der Waals surface area contributed by atoms with Crippen LogP contribution >= 0.6 is 11.3 Å². The van der Waals surface area contributed by atoms with Gasteiger partial charge < -0.3 is 5.32 Å². The Hall–Kier alpha value is -1.33. The maximum Gasteiger partial charge on any atom is 0.129 e. The maximum atomic E-state index is 13.6. The Morgan fingerprint density at radius 1 is 1.25 bits per heavy atom. The van der Waals surface area contributed by atoms with Crippen LogP contribution in [0.4, 0.5) is 8.78 Å². The van der Waals surface area contributed by atoms with E-state index in [0.29, 0.717) is 6.42 Å². The van der Waals surface area contributed by atoms with Gasteiger partial charge in [0.15, 0.2) is 0 Å². The average Bonchev–Trinajstić information content (AvgIpc) is 2.80. The second kappa shape index (κ2) is 6.41. The van der Waals surface area contributed by atoms with E-state index in [9.17, 15) is 8.78 Å². The Kier molecular flexibility index (Phi) is 4.83. The molecule has 1 aromatic heterocycles. The molecule has 0 aliphatic carbocycles. The van der Waals surface area contributed by atoms with E-state index in [0.717, 1.165) is 10.6 Å². The van der Waals surface area contributed by atoms with Crippen molar-refractivity contribution in [2.24, 2.45) is 0 Å². The molecule has 0 spiro atoms. The minimum atomic E-state index is -0.486. The largest absolute Gasteiger partial charge is 0.307 e. The predicted molar refractivity (Wildman–Crippen MR) is 77.9 cm³/mol. The molecule has 0 amide bonds. The Morgan fingerprint density at radius 2 is 1.90 bits per heavy atom. The predicted octanol–water partition coefficient (Wildman–Crippen LogP) is 4.01. The van der Waals surface area contributed by atoms with Gasteiger partial charge in [0.25, 0.3) is 0 Å². The number of rotatable bonds is 5. The summed E-state index contributed by atoms with van der Waals surface area (Å²) in [5.41, 5.74) is 2.95. The van der Waals surface area contributed by atoms with Crippen LogP contribution in [0, 0.1) is 18.6 Å². The van der Waals surface area contributed by atoms with Crippen LogP contribution in [-0.2, 0) is 6.42 Å². The van der Waals surface area contributed by atoms with Crippen molar-refractivity contribution in [1.29, 1.82) is 0 Å². The molecule has 0 bridgehead atoms. The minimum absolute atomic E-state index is 0.0297. The summed E-state index contributed by atoms with van der Waals surface area (Å²) in [6, 6.07) is 4.06. The van der Waals surface area contributed by atoms with Gasteiger partial charge >= 0.3 is 0 Å². The summed E-state index contributed by atoms with van der Waals surface area (Å²) in [6.45, 7) is 5.93. The van der Waals surface area contributed by atoms with Gasteiger partial charge in [0.1, 0.15) is 11.6 Å². The molecule has 5 heteroatoms. The van der Waals surface area contributed by atoms with Gasteiger partial charge in [-0.2, -0.15) is 0 Å². The Bertz CT molecular complexity index is 563. The fraction of sp³-hybridized carbons (Fsp3) is 0.400. The van der Waals surface area contributed by atoms with Crippen LogP contribution in [0.15, 0.2) is 23.7 Å². The summed E-state index contributed by atoms with van der Waals surface area (Å²) >= 11 is 1.59. The molecule has 20 heavy (non-hydrogen) atoms. The first-order chi connectivity index (χ1) is 9.49. The van der Waals surface area contributed by atoms with Crippen molar-refractivity contribution in [3.8, 4) is 0 Å². The zero-order chi connectivity index (χ0) is 14.7. The Labute approximate surface area is 121 Å². The summed E-state index contributed by atoms with van der Waals surface area (Å²) in [5, 5.41) is 3.36. The lowest BCUT2D eigenvalue weighted by atomic mass is 10.0. The van der Waals surface area contributed by atoms with E-state index in [1.54, 1.807) is 11.3 Å². The van der Waals surface area contributed by atoms with Crippen molar-refractivity contribution in [2.45, 2.75) is 39.3 Å². The number of nitrogens with zero attached hydrogens (tertiary/aromatic N) is 1. The number of hydrogen-bond acceptors (Lipinski definition) is 3. The molecule has 2 rings (SSSR count). The Balaban J connectivity index is 2.02. The van der Waals surface area contributed by atoms with Crippen molar-refractivity contribution in [1.82, 2.24) is 10.3 Å². The van der Waals surface area contributed by atoms with Crippen molar-refractivity contribution < 1.29 is 8.78 Å². The molecule has 0 aliphatic rings. The van der Waals surface area contributed by atoms with Crippen molar-refractivity contribution in [3.63, 3.8) is 0 Å². The molecular formula is C15H18F2N2S. The van der Waals surface area contributed by atoms with Gasteiger partial charge in [0.2, 0.25) is 0 Å². The van der Waals surface area contributed by atoms with E-state index in [1.807, 2.05) is 26.3 Å². The standard InChI is InChI=1S/C15H18F2N2S/c1-9(7-12-13(16)5-4-6-14(12)17)19-11(3)15-10(2)18-8-20-15/h4-6,8-9,11,19H,7H2,1-3H3. The van der Waals surface area contributed by atoms with Crippen molar-refractivity contribution >= 4 is 11.3 Å². The van der Waals surface area contributed by atoms with Gasteiger partial charge in [0.05, 0.1) is 11.2 Å². The fourth-order valence-electron chi connectivity index (χ4n) is 2.32. The fourth-order valence-corrected chi connectivity index (χ4v) is 3.14. The summed E-state index contributed by atoms with van der Waals surface area (Å²) in [7, 11) is 0. The number of aromatic nitrogens is 1. The van der Waals surface area contributed by atoms with Crippen LogP contribution in [-0.4, -0.2) is 11.0 Å². The lowest BCUT2D eigenvalue weighted by Crippen LogP contribution is -2.31. The molecular weight excluding hydrogens is 278 g/mol. The smallest absolute Gasteiger partial charge is 0.129 e. The third kappa shape index (κ3) is 3.41. The summed E-state index contributed by atoms with van der Waals surface area (Å²) in [4.78, 5) is 5.37. The third-order valence-electron chi connectivity index (χ3n) is 3.28. The molecule has 0 aliphatic heterocycles. The zero-order valence-electron chi connectivity index (χ0n) is 11.8. The zero-order valence-corrected chi connectivity index (χ0v) is 12.6. The molecule has 2 nitrogen and oxygen atoms in total. The summed E-state index contributed by atoms with van der Waals surface area (Å²) in [5.74, 6) is -0.972. The molecule has 1 heterocycles. The lowest BCUT2D eigenvalue weighted by molar-refractivity contribution is 0.459. The second-order valence-corrected chi connectivity index (χ2v) is 5.88. The topological polar surface area (TPSA) is 24.9 Å². The highest BCUT2D eigenvalue weighted by Gasteiger charge is 2.16. The molecule has 2 aromatic rings. The van der Waals surface area contributed by atoms with Crippen LogP contribution in [0.2, 0.25) is 0 Å². The highest BCUT2D eigenvalue weighted by molar-refractivity contribution is 7.09. The number of nitrogens with one attached hydrogen (secondary N) is 1. The maximum absolute atomic E-state index is 13.6. The van der Waals surface area contributed by atoms with Crippen LogP contribution < -0.4 is 5.32 Å². The van der Waals surface area contributed by atoms with Gasteiger partial charge in [0, 0.05) is 22.5 Å². The van der Waals surface area contributed by atoms with Crippen LogP contribution in [0.25, 0.3) is 0 Å². The van der Waals surface area contributed by atoms with E-state index in [1.165, 1.54) is 18.2 Å². The van der Waals surface area contributed by atoms with Gasteiger partial charge in [-0.25, -0.2) is 13.8 Å². The van der Waals surface area contributed by atoms with Crippen LogP contribution in [0.3, 0.4) is 0 Å². The number of thiazole rings is 1. The normalized spacial score (nSPS) is 14.2. The number of halogens is 2. The van der Waals surface area contributed by atoms with E-state index in [4.69, 9.17) is 0 Å². The lowest BCUT2D eigenvalue weighted by Gasteiger charge is -2.20. The molecule has 1 aromatic carbocycles. The number of hydrogen-bond donors (Lipinski definition) is 1. The SMILES string of the molecule is Cc1ncsc1C(C)NC(C)Cc1c(F)cccc1F. The number of aryl methyl sites for hydroxylation is 1. The first-order valence-electron chi connectivity index (χ1n) is 6.58. The van der Waals surface area contributed by atoms with E-state index in [2.05, 4.69) is 10.3 Å². The molecule has 2 atom stereocenters. The van der Waals surface area contributed by atoms with Gasteiger partial charge in [-0.1, -0.05) is 6.07 Å². The Morgan fingerprint density at radius 3 is 2.45 bits per heavy atom. The second-order valence-electron chi connectivity index (χ2n) is 5.00. The highest BCUT2D eigenvalue weighted by Crippen LogP contribution is 2.22. The monoisotopic (exact) mass is 296 g/mol. The van der Waals surface area contributed by atoms with E-state index >= 15 is 0 Å². The van der Waals surface area contributed by atoms with E-state index < -0.39 is 11.6 Å². The number of benzene rings is 1. The summed E-state index contributed by atoms with van der Waals surface area (Å²) < 4.78 is 27.2. The first-order valence-corrected chi connectivity index (χ1v) is 7.46. The van der Waals surface area contributed by atoms with Crippen LogP contribution in [0.5, 0.6) is 0 Å². The quantitative estimate of drug-likeness (QED) is 0.901. The van der Waals surface area contributed by atoms with Gasteiger partial charge in [-0.3, -0.25) is 0 Å². The molecule has 0 radical (unpaired) electrons. The average molecular weight is 296 g/mol. The van der Waals surface area contributed by atoms with E-state index in [-0.39, 0.29) is 17.6 Å². The summed E-state index contributed by atoms with van der Waals surface area (Å²) in [6.07, 6.45) is 0.320. The van der Waals surface area contributed by atoms with Crippen molar-refractivity contribution in [2.75, 3.05) is 0 Å². The molecule has 0 fully saturated rings. The third-order valence-corrected chi connectivity index (χ3v) is 4.40.